The van der Waals surface area contributed by atoms with Crippen LogP contribution in [-0.4, -0.2) is 13.1 Å². The van der Waals surface area contributed by atoms with Crippen LogP contribution in [0.5, 0.6) is 0 Å². The highest BCUT2D eigenvalue weighted by atomic mass is 15.6. The Bertz CT molecular complexity index is 504. The molecule has 0 unspecified atom stereocenters. The van der Waals surface area contributed by atoms with Crippen LogP contribution in [0.15, 0.2) is 48.5 Å². The van der Waals surface area contributed by atoms with Gasteiger partial charge in [-0.15, -0.1) is 0 Å². The smallest absolute Gasteiger partial charge is 0.0574 e. The summed E-state index contributed by atoms with van der Waals surface area (Å²) in [5.74, 6) is 0. The van der Waals surface area contributed by atoms with Gasteiger partial charge in [-0.05, 0) is 51.0 Å². The summed E-state index contributed by atoms with van der Waals surface area (Å²) in [5.41, 5.74) is 5.14. The average Bonchev–Trinajstić information content (AvgIpc) is 2.53. The average molecular weight is 296 g/mol. The van der Waals surface area contributed by atoms with E-state index in [1.165, 1.54) is 22.5 Å². The molecule has 2 heteroatoms. The van der Waals surface area contributed by atoms with Gasteiger partial charge >= 0.3 is 0 Å². The first kappa shape index (κ1) is 16.4. The van der Waals surface area contributed by atoms with Crippen molar-refractivity contribution >= 4 is 11.4 Å². The largest absolute Gasteiger partial charge is 0.285 e. The molecule has 0 atom stereocenters. The number of aryl methyl sites for hydroxylation is 2. The minimum absolute atomic E-state index is 1.02. The molecule has 0 N–H and O–H groups in total. The second kappa shape index (κ2) is 7.88. The second-order valence-corrected chi connectivity index (χ2v) is 5.92. The van der Waals surface area contributed by atoms with Gasteiger partial charge in [0.1, 0.15) is 0 Å². The van der Waals surface area contributed by atoms with E-state index in [4.69, 9.17) is 0 Å². The highest BCUT2D eigenvalue weighted by Gasteiger charge is 2.15. The van der Waals surface area contributed by atoms with E-state index in [-0.39, 0.29) is 0 Å². The van der Waals surface area contributed by atoms with E-state index >= 15 is 0 Å². The van der Waals surface area contributed by atoms with Crippen molar-refractivity contribution in [2.45, 2.75) is 40.5 Å². The minimum Gasteiger partial charge on any atom is -0.285 e. The zero-order valence-electron chi connectivity index (χ0n) is 14.3. The minimum atomic E-state index is 1.02. The van der Waals surface area contributed by atoms with Gasteiger partial charge in [0.15, 0.2) is 0 Å². The fourth-order valence-electron chi connectivity index (χ4n) is 2.64. The molecule has 0 spiro atoms. The van der Waals surface area contributed by atoms with Gasteiger partial charge in [0.25, 0.3) is 0 Å². The van der Waals surface area contributed by atoms with Gasteiger partial charge in [-0.2, -0.15) is 0 Å². The molecule has 2 nitrogen and oxygen atoms in total. The predicted octanol–water partition coefficient (Wildman–Crippen LogP) is 5.35. The van der Waals surface area contributed by atoms with Crippen LogP contribution in [0.4, 0.5) is 11.4 Å². The van der Waals surface area contributed by atoms with E-state index in [1.54, 1.807) is 0 Å². The van der Waals surface area contributed by atoms with Gasteiger partial charge in [-0.1, -0.05) is 49.2 Å². The topological polar surface area (TPSA) is 6.48 Å². The molecule has 0 radical (unpaired) electrons. The number of hydrogen-bond donors (Lipinski definition) is 0. The van der Waals surface area contributed by atoms with E-state index < -0.39 is 0 Å². The third kappa shape index (κ3) is 4.03. The summed E-state index contributed by atoms with van der Waals surface area (Å²) in [6, 6.07) is 17.7. The van der Waals surface area contributed by atoms with Crippen LogP contribution in [0.1, 0.15) is 37.8 Å². The molecule has 0 aromatic heterocycles. The number of nitrogens with zero attached hydrogens (tertiary/aromatic N) is 2. The first-order valence-electron chi connectivity index (χ1n) is 8.34. The lowest BCUT2D eigenvalue weighted by atomic mass is 10.2. The number of hydrazine groups is 1. The van der Waals surface area contributed by atoms with E-state index in [9.17, 15) is 0 Å². The van der Waals surface area contributed by atoms with Crippen LogP contribution in [-0.2, 0) is 0 Å². The van der Waals surface area contributed by atoms with Crippen LogP contribution in [0.3, 0.4) is 0 Å². The summed E-state index contributed by atoms with van der Waals surface area (Å²) in [7, 11) is 0. The first-order valence-corrected chi connectivity index (χ1v) is 8.34. The normalized spacial score (nSPS) is 10.5. The van der Waals surface area contributed by atoms with Gasteiger partial charge in [0, 0.05) is 13.1 Å². The summed E-state index contributed by atoms with van der Waals surface area (Å²) in [4.78, 5) is 0. The van der Waals surface area contributed by atoms with Gasteiger partial charge in [0.2, 0.25) is 0 Å². The van der Waals surface area contributed by atoms with E-state index in [2.05, 4.69) is 86.2 Å². The molecule has 0 fully saturated rings. The lowest BCUT2D eigenvalue weighted by Crippen LogP contribution is -2.44. The van der Waals surface area contributed by atoms with Crippen LogP contribution in [0.2, 0.25) is 0 Å². The van der Waals surface area contributed by atoms with E-state index in [0.29, 0.717) is 0 Å². The fourth-order valence-corrected chi connectivity index (χ4v) is 2.64. The molecule has 22 heavy (non-hydrogen) atoms. The Balaban J connectivity index is 2.36. The first-order chi connectivity index (χ1) is 10.7. The van der Waals surface area contributed by atoms with Crippen molar-refractivity contribution in [1.82, 2.24) is 0 Å². The molecule has 0 heterocycles. The molecule has 0 aliphatic carbocycles. The predicted molar refractivity (Wildman–Crippen MR) is 97.6 cm³/mol. The van der Waals surface area contributed by atoms with Gasteiger partial charge < -0.3 is 0 Å². The number of benzene rings is 2. The summed E-state index contributed by atoms with van der Waals surface area (Å²) >= 11 is 0. The van der Waals surface area contributed by atoms with Crippen molar-refractivity contribution in [1.29, 1.82) is 0 Å². The van der Waals surface area contributed by atoms with E-state index in [1.807, 2.05) is 0 Å². The van der Waals surface area contributed by atoms with Crippen molar-refractivity contribution in [2.24, 2.45) is 0 Å². The molecular weight excluding hydrogens is 268 g/mol. The SMILES string of the molecule is CCCN(c1ccc(C)cc1)N(CCC)c1ccc(C)cc1. The van der Waals surface area contributed by atoms with Crippen molar-refractivity contribution in [3.63, 3.8) is 0 Å². The molecule has 0 amide bonds. The van der Waals surface area contributed by atoms with Crippen LogP contribution in [0, 0.1) is 13.8 Å². The Kier molecular flexibility index (Phi) is 5.88. The van der Waals surface area contributed by atoms with Crippen molar-refractivity contribution in [3.05, 3.63) is 59.7 Å². The molecule has 0 saturated carbocycles. The van der Waals surface area contributed by atoms with Gasteiger partial charge in [-0.3, -0.25) is 10.0 Å². The highest BCUT2D eigenvalue weighted by Crippen LogP contribution is 2.24. The summed E-state index contributed by atoms with van der Waals surface area (Å²) in [6.45, 7) is 10.8. The van der Waals surface area contributed by atoms with E-state index in [0.717, 1.165) is 25.9 Å². The fraction of sp³-hybridized carbons (Fsp3) is 0.400. The molecule has 2 rings (SSSR count). The number of rotatable bonds is 7. The number of hydrogen-bond acceptors (Lipinski definition) is 2. The zero-order valence-corrected chi connectivity index (χ0v) is 14.3. The summed E-state index contributed by atoms with van der Waals surface area (Å²) in [5, 5.41) is 4.82. The maximum Gasteiger partial charge on any atom is 0.0574 e. The van der Waals surface area contributed by atoms with Crippen molar-refractivity contribution in [3.8, 4) is 0 Å². The van der Waals surface area contributed by atoms with Gasteiger partial charge in [-0.25, -0.2) is 0 Å². The van der Waals surface area contributed by atoms with Crippen LogP contribution in [0.25, 0.3) is 0 Å². The Labute approximate surface area is 135 Å². The molecule has 2 aromatic carbocycles. The second-order valence-electron chi connectivity index (χ2n) is 5.92. The monoisotopic (exact) mass is 296 g/mol. The molecule has 0 saturated heterocycles. The Morgan fingerprint density at radius 1 is 0.591 bits per heavy atom. The van der Waals surface area contributed by atoms with Crippen LogP contribution >= 0.6 is 0 Å². The standard InChI is InChI=1S/C20H28N2/c1-5-15-21(19-11-7-17(3)8-12-19)22(16-6-2)20-13-9-18(4)10-14-20/h7-14H,5-6,15-16H2,1-4H3. The zero-order chi connectivity index (χ0) is 15.9. The quantitative estimate of drug-likeness (QED) is 0.635. The third-order valence-corrected chi connectivity index (χ3v) is 3.83. The molecule has 118 valence electrons. The number of anilines is 2. The third-order valence-electron chi connectivity index (χ3n) is 3.83. The maximum absolute atomic E-state index is 2.41. The molecular formula is C20H28N2. The van der Waals surface area contributed by atoms with Crippen LogP contribution < -0.4 is 10.0 Å². The maximum atomic E-state index is 2.41. The molecule has 0 aliphatic rings. The summed E-state index contributed by atoms with van der Waals surface area (Å²) < 4.78 is 0. The lowest BCUT2D eigenvalue weighted by Gasteiger charge is -2.38. The van der Waals surface area contributed by atoms with Crippen molar-refractivity contribution < 1.29 is 0 Å². The molecule has 0 aliphatic heterocycles. The highest BCUT2D eigenvalue weighted by molar-refractivity contribution is 5.58. The lowest BCUT2D eigenvalue weighted by molar-refractivity contribution is 0.685. The molecule has 0 bridgehead atoms. The Morgan fingerprint density at radius 3 is 1.18 bits per heavy atom. The Morgan fingerprint density at radius 2 is 0.909 bits per heavy atom. The van der Waals surface area contributed by atoms with Gasteiger partial charge in [0.05, 0.1) is 11.4 Å². The Hall–Kier alpha value is -1.96. The molecule has 2 aromatic rings. The summed E-state index contributed by atoms with van der Waals surface area (Å²) in [6.07, 6.45) is 2.25. The van der Waals surface area contributed by atoms with Crippen molar-refractivity contribution in [2.75, 3.05) is 23.1 Å².